The average molecular weight is 314 g/mol. The molecule has 1 saturated heterocycles. The van der Waals surface area contributed by atoms with Gasteiger partial charge in [-0.15, -0.1) is 5.10 Å². The van der Waals surface area contributed by atoms with E-state index in [-0.39, 0.29) is 12.1 Å². The van der Waals surface area contributed by atoms with Crippen LogP contribution in [-0.4, -0.2) is 37.9 Å². The normalized spacial score (nSPS) is 18.5. The summed E-state index contributed by atoms with van der Waals surface area (Å²) in [6, 6.07) is 3.42. The number of aryl methyl sites for hydroxylation is 2. The molecule has 0 bridgehead atoms. The van der Waals surface area contributed by atoms with Gasteiger partial charge in [0.2, 0.25) is 0 Å². The fourth-order valence-corrected chi connectivity index (χ4v) is 3.25. The lowest BCUT2D eigenvalue weighted by Gasteiger charge is -2.30. The maximum atomic E-state index is 12.8. The number of likely N-dealkylation sites (tertiary alicyclic amines) is 1. The molecule has 0 unspecified atom stereocenters. The van der Waals surface area contributed by atoms with E-state index in [0.717, 1.165) is 49.2 Å². The number of nitrogens with one attached hydrogen (secondary N) is 2. The zero-order valence-electron chi connectivity index (χ0n) is 13.5. The molecule has 23 heavy (non-hydrogen) atoms. The van der Waals surface area contributed by atoms with Crippen molar-refractivity contribution in [2.75, 3.05) is 11.9 Å². The number of H-pyrrole nitrogens is 1. The van der Waals surface area contributed by atoms with Crippen molar-refractivity contribution in [3.05, 3.63) is 35.3 Å². The first-order valence-corrected chi connectivity index (χ1v) is 8.03. The van der Waals surface area contributed by atoms with Crippen molar-refractivity contribution >= 4 is 11.8 Å². The summed E-state index contributed by atoms with van der Waals surface area (Å²) in [6.07, 6.45) is 5.81. The summed E-state index contributed by atoms with van der Waals surface area (Å²) in [5, 5.41) is 17.9. The van der Waals surface area contributed by atoms with Gasteiger partial charge in [0.15, 0.2) is 5.82 Å². The molecule has 0 radical (unpaired) electrons. The topological polar surface area (TPSA) is 86.8 Å². The molecule has 122 valence electrons. The number of hydrogen-bond acceptors (Lipinski definition) is 4. The van der Waals surface area contributed by atoms with Gasteiger partial charge in [-0.2, -0.15) is 10.2 Å². The van der Waals surface area contributed by atoms with E-state index in [4.69, 9.17) is 0 Å². The molecular weight excluding hydrogens is 292 g/mol. The Hall–Kier alpha value is -2.44. The molecule has 7 nitrogen and oxygen atoms in total. The fraction of sp³-hybridized carbons (Fsp3) is 0.500. The molecule has 3 heterocycles. The zero-order valence-corrected chi connectivity index (χ0v) is 13.5. The van der Waals surface area contributed by atoms with Crippen molar-refractivity contribution < 1.29 is 4.79 Å². The fourth-order valence-electron chi connectivity index (χ4n) is 3.25. The molecule has 0 aliphatic carbocycles. The molecule has 2 N–H and O–H groups in total. The molecule has 2 aromatic heterocycles. The van der Waals surface area contributed by atoms with Gasteiger partial charge >= 0.3 is 6.03 Å². The number of rotatable bonds is 2. The van der Waals surface area contributed by atoms with Crippen LogP contribution in [0, 0.1) is 13.8 Å². The molecular formula is C16H22N6O. The Morgan fingerprint density at radius 2 is 2.22 bits per heavy atom. The molecule has 2 aromatic rings. The van der Waals surface area contributed by atoms with Crippen LogP contribution in [0.25, 0.3) is 0 Å². The first kappa shape index (κ1) is 15.5. The number of carbonyl (C=O) groups is 1. The Labute approximate surface area is 135 Å². The second-order valence-electron chi connectivity index (χ2n) is 5.95. The van der Waals surface area contributed by atoms with Gasteiger partial charge in [0, 0.05) is 24.0 Å². The summed E-state index contributed by atoms with van der Waals surface area (Å²) in [4.78, 5) is 14.7. The molecule has 1 atom stereocenters. The first-order valence-electron chi connectivity index (χ1n) is 8.03. The van der Waals surface area contributed by atoms with Gasteiger partial charge in [0.05, 0.1) is 11.7 Å². The second-order valence-corrected chi connectivity index (χ2v) is 5.95. The first-order chi connectivity index (χ1) is 11.2. The molecule has 0 aromatic carbocycles. The van der Waals surface area contributed by atoms with Crippen molar-refractivity contribution in [1.29, 1.82) is 0 Å². The van der Waals surface area contributed by atoms with Crippen LogP contribution < -0.4 is 5.32 Å². The predicted octanol–water partition coefficient (Wildman–Crippen LogP) is 2.97. The van der Waals surface area contributed by atoms with Crippen LogP contribution in [0.15, 0.2) is 18.3 Å². The maximum Gasteiger partial charge on any atom is 0.323 e. The van der Waals surface area contributed by atoms with E-state index in [1.165, 1.54) is 0 Å². The van der Waals surface area contributed by atoms with Crippen molar-refractivity contribution in [3.63, 3.8) is 0 Å². The summed E-state index contributed by atoms with van der Waals surface area (Å²) in [6.45, 7) is 4.74. The van der Waals surface area contributed by atoms with Gasteiger partial charge in [-0.25, -0.2) is 4.79 Å². The molecule has 1 fully saturated rings. The van der Waals surface area contributed by atoms with Gasteiger partial charge < -0.3 is 4.90 Å². The quantitative estimate of drug-likeness (QED) is 0.892. The minimum atomic E-state index is -0.127. The van der Waals surface area contributed by atoms with Crippen molar-refractivity contribution in [1.82, 2.24) is 25.3 Å². The molecule has 0 spiro atoms. The standard InChI is InChI=1S/C16H22N6O/c1-11-15(12(2)20-19-11)13-7-4-3-5-10-22(13)16(23)18-14-8-6-9-17-21-14/h6,8-9,13H,3-5,7,10H2,1-2H3,(H,19,20)(H,18,21,23)/t13-/m1/s1. The van der Waals surface area contributed by atoms with E-state index in [1.54, 1.807) is 18.3 Å². The van der Waals surface area contributed by atoms with E-state index in [1.807, 2.05) is 18.7 Å². The van der Waals surface area contributed by atoms with Crippen LogP contribution in [0.3, 0.4) is 0 Å². The summed E-state index contributed by atoms with van der Waals surface area (Å²) >= 11 is 0. The zero-order chi connectivity index (χ0) is 16.2. The van der Waals surface area contributed by atoms with Gasteiger partial charge in [-0.1, -0.05) is 12.8 Å². The lowest BCUT2D eigenvalue weighted by Crippen LogP contribution is -2.38. The number of hydrogen-bond donors (Lipinski definition) is 2. The van der Waals surface area contributed by atoms with E-state index in [0.29, 0.717) is 5.82 Å². The highest BCUT2D eigenvalue weighted by atomic mass is 16.2. The number of aromatic nitrogens is 4. The van der Waals surface area contributed by atoms with E-state index in [2.05, 4.69) is 25.7 Å². The number of nitrogens with zero attached hydrogens (tertiary/aromatic N) is 4. The Balaban J connectivity index is 1.85. The van der Waals surface area contributed by atoms with Gasteiger partial charge in [-0.05, 0) is 38.8 Å². The van der Waals surface area contributed by atoms with Crippen LogP contribution >= 0.6 is 0 Å². The van der Waals surface area contributed by atoms with E-state index >= 15 is 0 Å². The molecule has 3 rings (SSSR count). The van der Waals surface area contributed by atoms with Crippen LogP contribution in [0.2, 0.25) is 0 Å². The third-order valence-electron chi connectivity index (χ3n) is 4.34. The van der Waals surface area contributed by atoms with Crippen molar-refractivity contribution in [2.45, 2.75) is 45.6 Å². The predicted molar refractivity (Wildman–Crippen MR) is 87.0 cm³/mol. The summed E-state index contributed by atoms with van der Waals surface area (Å²) in [5.41, 5.74) is 3.14. The monoisotopic (exact) mass is 314 g/mol. The van der Waals surface area contributed by atoms with Crippen LogP contribution in [-0.2, 0) is 0 Å². The Bertz CT molecular complexity index is 649. The molecule has 1 aliphatic rings. The number of anilines is 1. The minimum absolute atomic E-state index is 0.0490. The molecule has 2 amide bonds. The van der Waals surface area contributed by atoms with Crippen LogP contribution in [0.5, 0.6) is 0 Å². The van der Waals surface area contributed by atoms with Gasteiger partial charge in [0.1, 0.15) is 0 Å². The van der Waals surface area contributed by atoms with Gasteiger partial charge in [-0.3, -0.25) is 10.4 Å². The summed E-state index contributed by atoms with van der Waals surface area (Å²) in [7, 11) is 0. The lowest BCUT2D eigenvalue weighted by atomic mass is 9.99. The van der Waals surface area contributed by atoms with E-state index < -0.39 is 0 Å². The van der Waals surface area contributed by atoms with Crippen molar-refractivity contribution in [3.8, 4) is 0 Å². The Morgan fingerprint density at radius 3 is 2.91 bits per heavy atom. The highest BCUT2D eigenvalue weighted by molar-refractivity contribution is 5.88. The number of aromatic amines is 1. The summed E-state index contributed by atoms with van der Waals surface area (Å²) in [5.74, 6) is 0.473. The third kappa shape index (κ3) is 3.33. The molecule has 1 aliphatic heterocycles. The average Bonchev–Trinajstić information content (AvgIpc) is 2.76. The van der Waals surface area contributed by atoms with E-state index in [9.17, 15) is 4.79 Å². The second kappa shape index (κ2) is 6.76. The molecule has 7 heteroatoms. The Morgan fingerprint density at radius 1 is 1.35 bits per heavy atom. The number of urea groups is 1. The largest absolute Gasteiger partial charge is 0.323 e. The SMILES string of the molecule is Cc1n[nH]c(C)c1[C@H]1CCCCCN1C(=O)Nc1cccnn1. The summed E-state index contributed by atoms with van der Waals surface area (Å²) < 4.78 is 0. The van der Waals surface area contributed by atoms with Crippen LogP contribution in [0.1, 0.15) is 48.7 Å². The highest BCUT2D eigenvalue weighted by Gasteiger charge is 2.30. The van der Waals surface area contributed by atoms with Crippen LogP contribution in [0.4, 0.5) is 10.6 Å². The Kier molecular flexibility index (Phi) is 4.55. The number of carbonyl (C=O) groups excluding carboxylic acids is 1. The lowest BCUT2D eigenvalue weighted by molar-refractivity contribution is 0.189. The minimum Gasteiger partial charge on any atom is -0.317 e. The maximum absolute atomic E-state index is 12.8. The van der Waals surface area contributed by atoms with Crippen molar-refractivity contribution in [2.24, 2.45) is 0 Å². The molecule has 0 saturated carbocycles. The smallest absolute Gasteiger partial charge is 0.317 e. The van der Waals surface area contributed by atoms with Gasteiger partial charge in [0.25, 0.3) is 0 Å². The highest BCUT2D eigenvalue weighted by Crippen LogP contribution is 2.33. The number of amides is 2. The third-order valence-corrected chi connectivity index (χ3v) is 4.34.